The van der Waals surface area contributed by atoms with Crippen molar-refractivity contribution in [2.24, 2.45) is 0 Å². The van der Waals surface area contributed by atoms with Gasteiger partial charge < -0.3 is 19.4 Å². The average Bonchev–Trinajstić information content (AvgIpc) is 2.97. The van der Waals surface area contributed by atoms with E-state index < -0.39 is 24.4 Å². The van der Waals surface area contributed by atoms with Crippen LogP contribution in [-0.4, -0.2) is 42.2 Å². The maximum absolute atomic E-state index is 12.2. The highest BCUT2D eigenvalue weighted by molar-refractivity contribution is 6.56. The molecular weight excluding hydrogens is 395 g/mol. The maximum atomic E-state index is 12.2. The Kier molecular flexibility index (Phi) is 6.92. The van der Waals surface area contributed by atoms with E-state index in [2.05, 4.69) is 10.3 Å². The quantitative estimate of drug-likeness (QED) is 0.539. The molecule has 2 heterocycles. The van der Waals surface area contributed by atoms with E-state index in [0.29, 0.717) is 23.1 Å². The van der Waals surface area contributed by atoms with Gasteiger partial charge in [0.1, 0.15) is 12.3 Å². The van der Waals surface area contributed by atoms with Crippen LogP contribution in [0, 0.1) is 0 Å². The van der Waals surface area contributed by atoms with Crippen molar-refractivity contribution in [2.75, 3.05) is 6.54 Å². The number of carbonyl (C=O) groups excluding carboxylic acids is 2. The van der Waals surface area contributed by atoms with Gasteiger partial charge >= 0.3 is 13.2 Å². The first-order valence-electron chi connectivity index (χ1n) is 10.1. The van der Waals surface area contributed by atoms with Gasteiger partial charge in [-0.1, -0.05) is 36.4 Å². The van der Waals surface area contributed by atoms with Crippen molar-refractivity contribution in [1.29, 1.82) is 0 Å². The number of amides is 1. The van der Waals surface area contributed by atoms with Crippen LogP contribution < -0.4 is 5.32 Å². The highest BCUT2D eigenvalue weighted by Gasteiger charge is 2.52. The lowest BCUT2D eigenvalue weighted by Crippen LogP contribution is -2.41. The molecule has 1 aliphatic rings. The highest BCUT2D eigenvalue weighted by Crippen LogP contribution is 2.38. The minimum atomic E-state index is -0.680. The molecule has 2 aromatic rings. The Morgan fingerprint density at radius 2 is 1.68 bits per heavy atom. The number of hydrogen-bond acceptors (Lipinski definition) is 6. The molecule has 31 heavy (non-hydrogen) atoms. The van der Waals surface area contributed by atoms with E-state index in [-0.39, 0.29) is 13.2 Å². The maximum Gasteiger partial charge on any atom is 0.492 e. The molecule has 0 atom stereocenters. The van der Waals surface area contributed by atoms with Crippen LogP contribution in [-0.2, 0) is 20.7 Å². The molecule has 1 N–H and O–H groups in total. The summed E-state index contributed by atoms with van der Waals surface area (Å²) < 4.78 is 17.6. The predicted octanol–water partition coefficient (Wildman–Crippen LogP) is 3.84. The van der Waals surface area contributed by atoms with Gasteiger partial charge in [-0.05, 0) is 56.9 Å². The van der Waals surface area contributed by atoms with E-state index in [4.69, 9.17) is 14.0 Å². The average molecular weight is 422 g/mol. The molecule has 1 saturated heterocycles. The predicted molar refractivity (Wildman–Crippen MR) is 118 cm³/mol. The molecule has 0 bridgehead atoms. The Morgan fingerprint density at radius 3 is 2.32 bits per heavy atom. The molecule has 0 unspecified atom stereocenters. The Balaban J connectivity index is 1.73. The molecule has 1 aromatic heterocycles. The van der Waals surface area contributed by atoms with Gasteiger partial charge in [-0.3, -0.25) is 4.79 Å². The van der Waals surface area contributed by atoms with Gasteiger partial charge in [-0.2, -0.15) is 0 Å². The van der Waals surface area contributed by atoms with Crippen LogP contribution in [0.3, 0.4) is 0 Å². The first kappa shape index (κ1) is 22.7. The van der Waals surface area contributed by atoms with Crippen LogP contribution in [0.2, 0.25) is 0 Å². The fourth-order valence-corrected chi connectivity index (χ4v) is 2.95. The molecule has 0 spiro atoms. The summed E-state index contributed by atoms with van der Waals surface area (Å²) in [6.07, 6.45) is 1.89. The molecule has 1 aromatic carbocycles. The largest absolute Gasteiger partial charge is 0.492 e. The minimum Gasteiger partial charge on any atom is -0.445 e. The molecule has 8 heteroatoms. The second-order valence-electron chi connectivity index (χ2n) is 8.33. The van der Waals surface area contributed by atoms with Crippen molar-refractivity contribution < 1.29 is 23.6 Å². The van der Waals surface area contributed by atoms with Crippen molar-refractivity contribution in [2.45, 2.75) is 45.5 Å². The molecular formula is C23H27BN2O5. The molecule has 1 fully saturated rings. The molecule has 0 aliphatic carbocycles. The lowest BCUT2D eigenvalue weighted by Gasteiger charge is -2.32. The number of pyridine rings is 1. The number of rotatable bonds is 7. The van der Waals surface area contributed by atoms with Crippen molar-refractivity contribution in [3.8, 4) is 0 Å². The summed E-state index contributed by atoms with van der Waals surface area (Å²) >= 11 is 0. The second kappa shape index (κ2) is 9.45. The summed E-state index contributed by atoms with van der Waals surface area (Å²) in [7, 11) is -0.680. The zero-order valence-corrected chi connectivity index (χ0v) is 18.3. The highest BCUT2D eigenvalue weighted by atomic mass is 16.7. The summed E-state index contributed by atoms with van der Waals surface area (Å²) in [5.41, 5.74) is 1.36. The van der Waals surface area contributed by atoms with E-state index in [0.717, 1.165) is 5.56 Å². The van der Waals surface area contributed by atoms with E-state index in [1.54, 1.807) is 24.3 Å². The van der Waals surface area contributed by atoms with Crippen LogP contribution in [0.15, 0.2) is 54.0 Å². The van der Waals surface area contributed by atoms with Gasteiger partial charge in [0, 0.05) is 6.54 Å². The standard InChI is InChI=1S/C23H27BN2O5/c1-22(2)23(3,4)31-24(30-22)18(13-19-11-8-12-20(15-27)26-19)14-25-21(28)29-16-17-9-6-5-7-10-17/h5-13,15H,14,16H2,1-4H3,(H,25,28). The van der Waals surface area contributed by atoms with Crippen LogP contribution >= 0.6 is 0 Å². The summed E-state index contributed by atoms with van der Waals surface area (Å²) in [4.78, 5) is 27.6. The zero-order chi connectivity index (χ0) is 22.5. The van der Waals surface area contributed by atoms with Crippen LogP contribution in [0.1, 0.15) is 49.4 Å². The third-order valence-electron chi connectivity index (χ3n) is 5.45. The summed E-state index contributed by atoms with van der Waals surface area (Å²) in [5.74, 6) is 0. The summed E-state index contributed by atoms with van der Waals surface area (Å²) in [5, 5.41) is 2.75. The monoisotopic (exact) mass is 422 g/mol. The minimum absolute atomic E-state index is 0.136. The lowest BCUT2D eigenvalue weighted by atomic mass is 9.77. The first-order chi connectivity index (χ1) is 14.7. The molecule has 0 saturated carbocycles. The van der Waals surface area contributed by atoms with E-state index in [9.17, 15) is 9.59 Å². The molecule has 162 valence electrons. The third-order valence-corrected chi connectivity index (χ3v) is 5.45. The van der Waals surface area contributed by atoms with Gasteiger partial charge in [0.2, 0.25) is 0 Å². The normalized spacial score (nSPS) is 17.3. The number of aldehydes is 1. The fraction of sp³-hybridized carbons (Fsp3) is 0.348. The SMILES string of the molecule is CC1(C)OB(C(=Cc2cccc(C=O)n2)CNC(=O)OCc2ccccc2)OC1(C)C. The number of benzene rings is 1. The lowest BCUT2D eigenvalue weighted by molar-refractivity contribution is 0.00578. The number of aromatic nitrogens is 1. The van der Waals surface area contributed by atoms with Gasteiger partial charge in [0.05, 0.1) is 16.9 Å². The number of nitrogens with one attached hydrogen (secondary N) is 1. The topological polar surface area (TPSA) is 86.8 Å². The van der Waals surface area contributed by atoms with Crippen LogP contribution in [0.25, 0.3) is 6.08 Å². The molecule has 7 nitrogen and oxygen atoms in total. The van der Waals surface area contributed by atoms with E-state index in [1.807, 2.05) is 58.0 Å². The molecule has 1 amide bonds. The number of ether oxygens (including phenoxy) is 1. The van der Waals surface area contributed by atoms with E-state index in [1.165, 1.54) is 0 Å². The van der Waals surface area contributed by atoms with Gasteiger partial charge in [-0.15, -0.1) is 0 Å². The number of carbonyl (C=O) groups is 2. The van der Waals surface area contributed by atoms with Crippen molar-refractivity contribution >= 4 is 25.6 Å². The first-order valence-corrected chi connectivity index (χ1v) is 10.1. The number of hydrogen-bond donors (Lipinski definition) is 1. The number of nitrogens with zero attached hydrogens (tertiary/aromatic N) is 1. The Bertz CT molecular complexity index is 943. The Labute approximate surface area is 182 Å². The number of alkyl carbamates (subject to hydrolysis) is 1. The van der Waals surface area contributed by atoms with Crippen molar-refractivity contribution in [3.63, 3.8) is 0 Å². The van der Waals surface area contributed by atoms with Gasteiger partial charge in [0.15, 0.2) is 6.29 Å². The fourth-order valence-electron chi connectivity index (χ4n) is 2.95. The van der Waals surface area contributed by atoms with Gasteiger partial charge in [-0.25, -0.2) is 9.78 Å². The second-order valence-corrected chi connectivity index (χ2v) is 8.33. The third kappa shape index (κ3) is 5.80. The zero-order valence-electron chi connectivity index (χ0n) is 18.3. The van der Waals surface area contributed by atoms with Crippen LogP contribution in [0.4, 0.5) is 4.79 Å². The smallest absolute Gasteiger partial charge is 0.445 e. The Morgan fingerprint density at radius 1 is 1.03 bits per heavy atom. The summed E-state index contributed by atoms with van der Waals surface area (Å²) in [6.45, 7) is 8.13. The van der Waals surface area contributed by atoms with Crippen molar-refractivity contribution in [3.05, 3.63) is 71.0 Å². The molecule has 3 rings (SSSR count). The van der Waals surface area contributed by atoms with E-state index >= 15 is 0 Å². The van der Waals surface area contributed by atoms with Crippen LogP contribution in [0.5, 0.6) is 0 Å². The van der Waals surface area contributed by atoms with Gasteiger partial charge in [0.25, 0.3) is 0 Å². The summed E-state index contributed by atoms with van der Waals surface area (Å²) in [6, 6.07) is 14.6. The molecule has 1 aliphatic heterocycles. The van der Waals surface area contributed by atoms with Crippen molar-refractivity contribution in [1.82, 2.24) is 10.3 Å². The Hall–Kier alpha value is -2.97. The molecule has 0 radical (unpaired) electrons.